The SMILES string of the molecule is COC(=O)C(N)Cc1ccc(-n2c(=O)c3cc(OC)ncc3n(C)c2=O)cc1. The van der Waals surface area contributed by atoms with Gasteiger partial charge in [-0.2, -0.15) is 0 Å². The number of fused-ring (bicyclic) bond motifs is 1. The molecule has 3 aromatic rings. The van der Waals surface area contributed by atoms with Crippen LogP contribution in [-0.2, 0) is 23.0 Å². The van der Waals surface area contributed by atoms with Crippen molar-refractivity contribution in [1.29, 1.82) is 0 Å². The standard InChI is InChI=1S/C19H20N4O5/c1-22-15-10-21-16(27-2)9-13(15)17(24)23(19(22)26)12-6-4-11(5-7-12)8-14(20)18(25)28-3/h4-7,9-10,14H,8,20H2,1-3H3. The van der Waals surface area contributed by atoms with Crippen LogP contribution in [0.5, 0.6) is 5.88 Å². The van der Waals surface area contributed by atoms with E-state index in [2.05, 4.69) is 9.72 Å². The second-order valence-electron chi connectivity index (χ2n) is 6.23. The molecule has 0 saturated heterocycles. The van der Waals surface area contributed by atoms with E-state index in [-0.39, 0.29) is 12.3 Å². The number of esters is 1. The number of pyridine rings is 1. The van der Waals surface area contributed by atoms with Gasteiger partial charge in [0, 0.05) is 13.1 Å². The number of aromatic nitrogens is 3. The largest absolute Gasteiger partial charge is 0.481 e. The highest BCUT2D eigenvalue weighted by Gasteiger charge is 2.16. The molecule has 1 aromatic carbocycles. The molecule has 0 spiro atoms. The smallest absolute Gasteiger partial charge is 0.335 e. The van der Waals surface area contributed by atoms with Crippen LogP contribution in [0.25, 0.3) is 16.6 Å². The first-order chi connectivity index (χ1) is 13.4. The Morgan fingerprint density at radius 2 is 1.89 bits per heavy atom. The van der Waals surface area contributed by atoms with Gasteiger partial charge < -0.3 is 15.2 Å². The maximum Gasteiger partial charge on any atom is 0.335 e. The number of carbonyl (C=O) groups excluding carboxylic acids is 1. The zero-order valence-electron chi connectivity index (χ0n) is 15.7. The summed E-state index contributed by atoms with van der Waals surface area (Å²) in [6, 6.07) is 7.39. The van der Waals surface area contributed by atoms with Crippen molar-refractivity contribution in [3.8, 4) is 11.6 Å². The number of carbonyl (C=O) groups is 1. The van der Waals surface area contributed by atoms with Crippen LogP contribution in [0.4, 0.5) is 0 Å². The predicted molar refractivity (Wildman–Crippen MR) is 103 cm³/mol. The molecule has 0 aliphatic heterocycles. The monoisotopic (exact) mass is 384 g/mol. The molecular formula is C19H20N4O5. The van der Waals surface area contributed by atoms with Crippen molar-refractivity contribution < 1.29 is 14.3 Å². The third-order valence-corrected chi connectivity index (χ3v) is 4.49. The molecule has 0 fully saturated rings. The lowest BCUT2D eigenvalue weighted by molar-refractivity contribution is -0.142. The lowest BCUT2D eigenvalue weighted by Gasteiger charge is -2.12. The van der Waals surface area contributed by atoms with E-state index < -0.39 is 23.3 Å². The van der Waals surface area contributed by atoms with Gasteiger partial charge in [0.05, 0.1) is 37.0 Å². The predicted octanol–water partition coefficient (Wildman–Crippen LogP) is 0.136. The second-order valence-corrected chi connectivity index (χ2v) is 6.23. The average Bonchev–Trinajstić information content (AvgIpc) is 2.72. The van der Waals surface area contributed by atoms with Crippen molar-refractivity contribution in [2.75, 3.05) is 14.2 Å². The first-order valence-electron chi connectivity index (χ1n) is 8.46. The highest BCUT2D eigenvalue weighted by molar-refractivity contribution is 5.78. The summed E-state index contributed by atoms with van der Waals surface area (Å²) < 4.78 is 12.1. The average molecular weight is 384 g/mol. The highest BCUT2D eigenvalue weighted by Crippen LogP contribution is 2.14. The number of rotatable bonds is 5. The Morgan fingerprint density at radius 3 is 2.50 bits per heavy atom. The number of benzene rings is 1. The van der Waals surface area contributed by atoms with Gasteiger partial charge in [-0.05, 0) is 24.1 Å². The van der Waals surface area contributed by atoms with Crippen LogP contribution >= 0.6 is 0 Å². The summed E-state index contributed by atoms with van der Waals surface area (Å²) in [7, 11) is 4.29. The Labute approximate surface area is 159 Å². The van der Waals surface area contributed by atoms with Crippen LogP contribution in [0.1, 0.15) is 5.56 Å². The van der Waals surface area contributed by atoms with Crippen molar-refractivity contribution in [2.24, 2.45) is 12.8 Å². The van der Waals surface area contributed by atoms with Crippen molar-refractivity contribution in [3.05, 3.63) is 62.9 Å². The van der Waals surface area contributed by atoms with E-state index in [1.165, 1.54) is 31.0 Å². The van der Waals surface area contributed by atoms with Crippen LogP contribution in [0, 0.1) is 0 Å². The number of nitrogens with zero attached hydrogens (tertiary/aromatic N) is 3. The van der Waals surface area contributed by atoms with Crippen molar-refractivity contribution in [1.82, 2.24) is 14.1 Å². The van der Waals surface area contributed by atoms with Crippen LogP contribution < -0.4 is 21.7 Å². The molecule has 2 heterocycles. The minimum atomic E-state index is -0.785. The molecule has 0 bridgehead atoms. The third-order valence-electron chi connectivity index (χ3n) is 4.49. The molecule has 9 heteroatoms. The summed E-state index contributed by atoms with van der Waals surface area (Å²) in [5, 5.41) is 0.311. The lowest BCUT2D eigenvalue weighted by atomic mass is 10.1. The Balaban J connectivity index is 2.07. The van der Waals surface area contributed by atoms with Gasteiger partial charge in [-0.1, -0.05) is 12.1 Å². The fraction of sp³-hybridized carbons (Fsp3) is 0.263. The number of methoxy groups -OCH3 is 2. The first kappa shape index (κ1) is 19.3. The molecule has 0 aliphatic rings. The van der Waals surface area contributed by atoms with E-state index in [1.807, 2.05) is 0 Å². The fourth-order valence-electron chi connectivity index (χ4n) is 2.94. The minimum Gasteiger partial charge on any atom is -0.481 e. The zero-order valence-corrected chi connectivity index (χ0v) is 15.7. The van der Waals surface area contributed by atoms with E-state index in [1.54, 1.807) is 31.3 Å². The second kappa shape index (κ2) is 7.65. The Morgan fingerprint density at radius 1 is 1.21 bits per heavy atom. The van der Waals surface area contributed by atoms with E-state index in [0.717, 1.165) is 10.1 Å². The molecule has 0 radical (unpaired) electrons. The summed E-state index contributed by atoms with van der Waals surface area (Å²) >= 11 is 0. The molecule has 0 aliphatic carbocycles. The maximum atomic E-state index is 12.9. The Bertz CT molecular complexity index is 1150. The number of hydrogen-bond donors (Lipinski definition) is 1. The number of ether oxygens (including phenoxy) is 2. The molecule has 146 valence electrons. The van der Waals surface area contributed by atoms with Gasteiger partial charge in [-0.25, -0.2) is 14.3 Å². The van der Waals surface area contributed by atoms with Crippen LogP contribution in [0.2, 0.25) is 0 Å². The van der Waals surface area contributed by atoms with Crippen molar-refractivity contribution in [3.63, 3.8) is 0 Å². The molecule has 1 unspecified atom stereocenters. The van der Waals surface area contributed by atoms with E-state index in [9.17, 15) is 14.4 Å². The van der Waals surface area contributed by atoms with Crippen LogP contribution in [0.15, 0.2) is 46.1 Å². The fourth-order valence-corrected chi connectivity index (χ4v) is 2.94. The molecule has 2 aromatic heterocycles. The molecular weight excluding hydrogens is 364 g/mol. The summed E-state index contributed by atoms with van der Waals surface area (Å²) in [6.45, 7) is 0. The van der Waals surface area contributed by atoms with Gasteiger partial charge in [0.25, 0.3) is 5.56 Å². The van der Waals surface area contributed by atoms with E-state index in [4.69, 9.17) is 10.5 Å². The Hall–Kier alpha value is -3.46. The summed E-state index contributed by atoms with van der Waals surface area (Å²) in [5.74, 6) is -0.229. The zero-order chi connectivity index (χ0) is 20.4. The van der Waals surface area contributed by atoms with Gasteiger partial charge in [-0.15, -0.1) is 0 Å². The van der Waals surface area contributed by atoms with Gasteiger partial charge in [-0.3, -0.25) is 14.2 Å². The van der Waals surface area contributed by atoms with Gasteiger partial charge in [0.1, 0.15) is 6.04 Å². The van der Waals surface area contributed by atoms with Crippen LogP contribution in [0.3, 0.4) is 0 Å². The molecule has 1 atom stereocenters. The maximum absolute atomic E-state index is 12.9. The molecule has 0 saturated carbocycles. The van der Waals surface area contributed by atoms with Crippen molar-refractivity contribution >= 4 is 16.9 Å². The summed E-state index contributed by atoms with van der Waals surface area (Å²) in [5.41, 5.74) is 6.38. The molecule has 2 N–H and O–H groups in total. The number of hydrogen-bond acceptors (Lipinski definition) is 7. The van der Waals surface area contributed by atoms with E-state index >= 15 is 0 Å². The third kappa shape index (κ3) is 3.39. The lowest BCUT2D eigenvalue weighted by Crippen LogP contribution is -2.38. The first-order valence-corrected chi connectivity index (χ1v) is 8.46. The topological polar surface area (TPSA) is 118 Å². The number of nitrogens with two attached hydrogens (primary N) is 1. The number of aryl methyl sites for hydroxylation is 1. The normalized spacial score (nSPS) is 12.0. The molecule has 3 rings (SSSR count). The summed E-state index contributed by atoms with van der Waals surface area (Å²) in [6.07, 6.45) is 1.71. The molecule has 9 nitrogen and oxygen atoms in total. The quantitative estimate of drug-likeness (QED) is 0.621. The van der Waals surface area contributed by atoms with Gasteiger partial charge in [0.15, 0.2) is 0 Å². The van der Waals surface area contributed by atoms with Gasteiger partial charge >= 0.3 is 11.7 Å². The minimum absolute atomic E-state index is 0.278. The van der Waals surface area contributed by atoms with Gasteiger partial charge in [0.2, 0.25) is 5.88 Å². The Kier molecular flexibility index (Phi) is 5.27. The molecule has 0 amide bonds. The summed E-state index contributed by atoms with van der Waals surface area (Å²) in [4.78, 5) is 41.2. The van der Waals surface area contributed by atoms with E-state index in [0.29, 0.717) is 16.6 Å². The molecule has 28 heavy (non-hydrogen) atoms. The van der Waals surface area contributed by atoms with Crippen LogP contribution in [-0.4, -0.2) is 40.3 Å². The van der Waals surface area contributed by atoms with Crippen molar-refractivity contribution in [2.45, 2.75) is 12.5 Å². The highest BCUT2D eigenvalue weighted by atomic mass is 16.5.